The van der Waals surface area contributed by atoms with Gasteiger partial charge in [0.15, 0.2) is 0 Å². The molecule has 0 heterocycles. The molecule has 0 nitrogen and oxygen atoms in total. The van der Waals surface area contributed by atoms with Gasteiger partial charge in [-0.15, -0.1) is 5.54 Å². The Morgan fingerprint density at radius 1 is 1.27 bits per heavy atom. The Kier molecular flexibility index (Phi) is 4.51. The molecule has 0 aliphatic heterocycles. The average Bonchev–Trinajstić information content (AvgIpc) is 2.09. The fraction of sp³-hybridized carbons (Fsp3) is 0.333. The van der Waals surface area contributed by atoms with Crippen LogP contribution < -0.4 is 0 Å². The van der Waals surface area contributed by atoms with E-state index in [2.05, 4.69) is 71.5 Å². The highest BCUT2D eigenvalue weighted by Gasteiger charge is 2.07. The zero-order valence-corrected chi connectivity index (χ0v) is 12.9. The van der Waals surface area contributed by atoms with E-state index < -0.39 is 8.07 Å². The maximum Gasteiger partial charge on any atom is 0.130 e. The van der Waals surface area contributed by atoms with Crippen molar-refractivity contribution in [2.24, 2.45) is 0 Å². The number of aryl methyl sites for hydroxylation is 1. The number of hydrogen-bond acceptors (Lipinski definition) is 1. The predicted molar refractivity (Wildman–Crippen MR) is 75.9 cm³/mol. The van der Waals surface area contributed by atoms with E-state index in [1.807, 2.05) is 0 Å². The molecule has 0 bridgehead atoms. The minimum absolute atomic E-state index is 1.12. The molecule has 0 aliphatic carbocycles. The van der Waals surface area contributed by atoms with Crippen LogP contribution in [0.2, 0.25) is 19.6 Å². The summed E-state index contributed by atoms with van der Waals surface area (Å²) >= 11 is 5.11. The Balaban J connectivity index is 2.80. The minimum atomic E-state index is -1.24. The van der Waals surface area contributed by atoms with Crippen molar-refractivity contribution >= 4 is 35.8 Å². The molecule has 1 aromatic rings. The summed E-state index contributed by atoms with van der Waals surface area (Å²) in [6.45, 7) is 8.89. The Hall–Kier alpha value is -0.173. The molecule has 15 heavy (non-hydrogen) atoms. The quantitative estimate of drug-likeness (QED) is 0.412. The third-order valence-corrected chi connectivity index (χ3v) is 4.15. The van der Waals surface area contributed by atoms with Crippen LogP contribution in [0.5, 0.6) is 0 Å². The lowest BCUT2D eigenvalue weighted by molar-refractivity contribution is 1.30. The van der Waals surface area contributed by atoms with Crippen molar-refractivity contribution in [1.29, 1.82) is 0 Å². The van der Waals surface area contributed by atoms with E-state index in [4.69, 9.17) is 0 Å². The van der Waals surface area contributed by atoms with Gasteiger partial charge in [-0.25, -0.2) is 0 Å². The number of hydrogen-bond donors (Lipinski definition) is 0. The normalized spacial score (nSPS) is 10.7. The third kappa shape index (κ3) is 4.92. The fourth-order valence-electron chi connectivity index (χ4n) is 0.917. The summed E-state index contributed by atoms with van der Waals surface area (Å²) < 4.78 is 1.12. The van der Waals surface area contributed by atoms with Crippen molar-refractivity contribution in [2.45, 2.75) is 31.5 Å². The molecule has 0 spiro atoms. The number of halogens is 1. The molecule has 0 saturated carbocycles. The monoisotopic (exact) mass is 298 g/mol. The third-order valence-electron chi connectivity index (χ3n) is 1.74. The van der Waals surface area contributed by atoms with Gasteiger partial charge in [0, 0.05) is 9.37 Å². The Labute approximate surface area is 106 Å². The van der Waals surface area contributed by atoms with Crippen LogP contribution in [0, 0.1) is 17.7 Å². The summed E-state index contributed by atoms with van der Waals surface area (Å²) in [6, 6.07) is 6.30. The summed E-state index contributed by atoms with van der Waals surface area (Å²) in [6.07, 6.45) is 0. The maximum atomic E-state index is 3.47. The molecule has 0 atom stereocenters. The van der Waals surface area contributed by atoms with E-state index in [1.165, 1.54) is 10.5 Å². The van der Waals surface area contributed by atoms with E-state index in [1.54, 1.807) is 11.8 Å². The Bertz CT molecular complexity index is 410. The van der Waals surface area contributed by atoms with Crippen molar-refractivity contribution in [3.63, 3.8) is 0 Å². The summed E-state index contributed by atoms with van der Waals surface area (Å²) in [5.74, 6) is 0. The predicted octanol–water partition coefficient (Wildman–Crippen LogP) is 4.69. The molecule has 3 heteroatoms. The first kappa shape index (κ1) is 12.9. The van der Waals surface area contributed by atoms with Gasteiger partial charge in [-0.3, -0.25) is 0 Å². The molecule has 0 aliphatic rings. The first-order valence-electron chi connectivity index (χ1n) is 4.84. The van der Waals surface area contributed by atoms with Gasteiger partial charge in [0.2, 0.25) is 0 Å². The topological polar surface area (TPSA) is 0 Å². The molecule has 1 rings (SSSR count). The van der Waals surface area contributed by atoms with Crippen LogP contribution in [0.3, 0.4) is 0 Å². The molecule has 0 amide bonds. The molecule has 0 fully saturated rings. The molecule has 0 radical (unpaired) electrons. The maximum absolute atomic E-state index is 3.47. The standard InChI is InChI=1S/C12H15BrSSi/c1-10-5-6-11(13)9-12(10)14-7-8-15(2,3)4/h5-6,9H,1-4H3. The van der Waals surface area contributed by atoms with Gasteiger partial charge in [-0.05, 0) is 41.6 Å². The van der Waals surface area contributed by atoms with Gasteiger partial charge >= 0.3 is 0 Å². The van der Waals surface area contributed by atoms with Crippen LogP contribution in [-0.2, 0) is 0 Å². The van der Waals surface area contributed by atoms with Crippen molar-refractivity contribution in [2.75, 3.05) is 0 Å². The van der Waals surface area contributed by atoms with E-state index in [-0.39, 0.29) is 0 Å². The smallest absolute Gasteiger partial charge is 0.120 e. The second kappa shape index (κ2) is 5.24. The van der Waals surface area contributed by atoms with Crippen LogP contribution in [0.4, 0.5) is 0 Å². The average molecular weight is 299 g/mol. The highest BCUT2D eigenvalue weighted by atomic mass is 79.9. The van der Waals surface area contributed by atoms with Crippen molar-refractivity contribution in [3.8, 4) is 10.8 Å². The first-order chi connectivity index (χ1) is 6.88. The lowest BCUT2D eigenvalue weighted by Crippen LogP contribution is -2.15. The SMILES string of the molecule is Cc1ccc(Br)cc1SC#C[Si](C)(C)C. The van der Waals surface area contributed by atoms with Gasteiger partial charge in [0.25, 0.3) is 0 Å². The first-order valence-corrected chi connectivity index (χ1v) is 9.94. The zero-order chi connectivity index (χ0) is 11.5. The Morgan fingerprint density at radius 2 is 1.93 bits per heavy atom. The van der Waals surface area contributed by atoms with Crippen LogP contribution in [0.25, 0.3) is 0 Å². The van der Waals surface area contributed by atoms with Gasteiger partial charge < -0.3 is 0 Å². The van der Waals surface area contributed by atoms with Crippen molar-refractivity contribution < 1.29 is 0 Å². The molecule has 0 N–H and O–H groups in total. The summed E-state index contributed by atoms with van der Waals surface area (Å²) in [5.41, 5.74) is 4.64. The highest BCUT2D eigenvalue weighted by Crippen LogP contribution is 2.25. The molecule has 0 aromatic heterocycles. The van der Waals surface area contributed by atoms with Crippen LogP contribution in [-0.4, -0.2) is 8.07 Å². The fourth-order valence-corrected chi connectivity index (χ4v) is 3.38. The van der Waals surface area contributed by atoms with Crippen molar-refractivity contribution in [1.82, 2.24) is 0 Å². The van der Waals surface area contributed by atoms with E-state index >= 15 is 0 Å². The highest BCUT2D eigenvalue weighted by molar-refractivity contribution is 9.10. The van der Waals surface area contributed by atoms with E-state index in [0.29, 0.717) is 0 Å². The second-order valence-electron chi connectivity index (χ2n) is 4.49. The van der Waals surface area contributed by atoms with Gasteiger partial charge in [-0.2, -0.15) is 0 Å². The van der Waals surface area contributed by atoms with E-state index in [9.17, 15) is 0 Å². The second-order valence-corrected chi connectivity index (χ2v) is 11.0. The van der Waals surface area contributed by atoms with Crippen LogP contribution in [0.15, 0.2) is 27.6 Å². The number of thioether (sulfide) groups is 1. The summed E-state index contributed by atoms with van der Waals surface area (Å²) in [4.78, 5) is 1.25. The zero-order valence-electron chi connectivity index (χ0n) is 9.52. The van der Waals surface area contributed by atoms with Gasteiger partial charge in [0.1, 0.15) is 8.07 Å². The largest absolute Gasteiger partial charge is 0.130 e. The lowest BCUT2D eigenvalue weighted by Gasteiger charge is -2.04. The molecule has 0 unspecified atom stereocenters. The minimum Gasteiger partial charge on any atom is -0.120 e. The summed E-state index contributed by atoms with van der Waals surface area (Å²) in [7, 11) is -1.24. The number of rotatable bonds is 1. The van der Waals surface area contributed by atoms with Gasteiger partial charge in [-0.1, -0.05) is 41.6 Å². The molecule has 1 aromatic carbocycles. The van der Waals surface area contributed by atoms with E-state index in [0.717, 1.165) is 4.47 Å². The summed E-state index contributed by atoms with van der Waals surface area (Å²) in [5, 5.41) is 3.22. The molecule has 80 valence electrons. The molecule has 0 saturated heterocycles. The lowest BCUT2D eigenvalue weighted by atomic mass is 10.2. The molecular formula is C12H15BrSSi. The number of benzene rings is 1. The molecular weight excluding hydrogens is 284 g/mol. The van der Waals surface area contributed by atoms with Crippen molar-refractivity contribution in [3.05, 3.63) is 28.2 Å². The van der Waals surface area contributed by atoms with Crippen LogP contribution in [0.1, 0.15) is 5.56 Å². The van der Waals surface area contributed by atoms with Gasteiger partial charge in [0.05, 0.1) is 0 Å². The van der Waals surface area contributed by atoms with Crippen LogP contribution >= 0.6 is 27.7 Å². The Morgan fingerprint density at radius 3 is 2.53 bits per heavy atom.